The molecule has 1 N–H and O–H groups in total. The molecule has 2 aromatic rings. The van der Waals surface area contributed by atoms with Crippen molar-refractivity contribution >= 4 is 0 Å². The molecule has 106 valence electrons. The first kappa shape index (κ1) is 14.7. The maximum atomic E-state index is 4.62. The summed E-state index contributed by atoms with van der Waals surface area (Å²) in [5.74, 6) is 0. The topological polar surface area (TPSA) is 37.8 Å². The van der Waals surface area contributed by atoms with Gasteiger partial charge in [0.2, 0.25) is 0 Å². The maximum absolute atomic E-state index is 4.62. The minimum absolute atomic E-state index is 0.124. The first-order valence-corrected chi connectivity index (χ1v) is 7.35. The minimum Gasteiger partial charge on any atom is -0.305 e. The van der Waals surface area contributed by atoms with E-state index >= 15 is 0 Å². The van der Waals surface area contributed by atoms with Crippen molar-refractivity contribution in [3.8, 4) is 0 Å². The van der Waals surface area contributed by atoms with Crippen LogP contribution in [0.3, 0.4) is 0 Å². The molecule has 0 aliphatic carbocycles. The SMILES string of the molecule is CCCNC(c1cncc(C)c1)c1ncccc1CC. The molecular formula is C17H23N3. The van der Waals surface area contributed by atoms with Crippen molar-refractivity contribution in [1.29, 1.82) is 0 Å². The molecule has 0 spiro atoms. The van der Waals surface area contributed by atoms with Gasteiger partial charge in [-0.05, 0) is 49.1 Å². The van der Waals surface area contributed by atoms with E-state index in [-0.39, 0.29) is 6.04 Å². The van der Waals surface area contributed by atoms with Crippen LogP contribution in [0, 0.1) is 6.92 Å². The molecule has 2 rings (SSSR count). The third-order valence-corrected chi connectivity index (χ3v) is 3.41. The fourth-order valence-corrected chi connectivity index (χ4v) is 2.41. The van der Waals surface area contributed by atoms with Gasteiger partial charge in [-0.15, -0.1) is 0 Å². The first-order valence-electron chi connectivity index (χ1n) is 7.35. The summed E-state index contributed by atoms with van der Waals surface area (Å²) in [4.78, 5) is 8.94. The van der Waals surface area contributed by atoms with Gasteiger partial charge in [0, 0.05) is 18.6 Å². The lowest BCUT2D eigenvalue weighted by molar-refractivity contribution is 0.580. The maximum Gasteiger partial charge on any atom is 0.0769 e. The number of rotatable bonds is 6. The highest BCUT2D eigenvalue weighted by atomic mass is 14.9. The Morgan fingerprint density at radius 3 is 2.80 bits per heavy atom. The first-order chi connectivity index (χ1) is 9.76. The van der Waals surface area contributed by atoms with Crippen LogP contribution in [0.15, 0.2) is 36.8 Å². The Labute approximate surface area is 121 Å². The van der Waals surface area contributed by atoms with Gasteiger partial charge >= 0.3 is 0 Å². The summed E-state index contributed by atoms with van der Waals surface area (Å²) in [7, 11) is 0. The lowest BCUT2D eigenvalue weighted by atomic mass is 9.98. The lowest BCUT2D eigenvalue weighted by Crippen LogP contribution is -2.25. The summed E-state index contributed by atoms with van der Waals surface area (Å²) in [6.07, 6.45) is 7.79. The van der Waals surface area contributed by atoms with E-state index in [9.17, 15) is 0 Å². The highest BCUT2D eigenvalue weighted by Crippen LogP contribution is 2.23. The Hall–Kier alpha value is -1.74. The lowest BCUT2D eigenvalue weighted by Gasteiger charge is -2.21. The molecule has 2 heterocycles. The molecule has 20 heavy (non-hydrogen) atoms. The molecule has 3 heteroatoms. The highest BCUT2D eigenvalue weighted by molar-refractivity contribution is 5.32. The molecule has 0 radical (unpaired) electrons. The Balaban J connectivity index is 2.41. The average Bonchev–Trinajstić information content (AvgIpc) is 2.48. The normalized spacial score (nSPS) is 12.3. The minimum atomic E-state index is 0.124. The molecule has 1 atom stereocenters. The fraction of sp³-hybridized carbons (Fsp3) is 0.412. The Morgan fingerprint density at radius 2 is 2.10 bits per heavy atom. The number of nitrogens with zero attached hydrogens (tertiary/aromatic N) is 2. The molecule has 0 saturated carbocycles. The van der Waals surface area contributed by atoms with Crippen molar-refractivity contribution in [2.45, 2.75) is 39.7 Å². The van der Waals surface area contributed by atoms with E-state index in [4.69, 9.17) is 0 Å². The summed E-state index contributed by atoms with van der Waals surface area (Å²) < 4.78 is 0. The smallest absolute Gasteiger partial charge is 0.0769 e. The van der Waals surface area contributed by atoms with E-state index in [1.54, 1.807) is 0 Å². The van der Waals surface area contributed by atoms with E-state index in [2.05, 4.69) is 48.2 Å². The van der Waals surface area contributed by atoms with Crippen molar-refractivity contribution in [1.82, 2.24) is 15.3 Å². The van der Waals surface area contributed by atoms with Crippen LogP contribution >= 0.6 is 0 Å². The number of nitrogens with one attached hydrogen (secondary N) is 1. The van der Waals surface area contributed by atoms with E-state index in [1.807, 2.05) is 24.7 Å². The monoisotopic (exact) mass is 269 g/mol. The standard InChI is InChI=1S/C17H23N3/c1-4-8-19-17(15-10-13(3)11-18-12-15)16-14(5-2)7-6-9-20-16/h6-7,9-12,17,19H,4-5,8H2,1-3H3. The van der Waals surface area contributed by atoms with Crippen molar-refractivity contribution in [3.63, 3.8) is 0 Å². The van der Waals surface area contributed by atoms with Gasteiger partial charge in [-0.3, -0.25) is 9.97 Å². The number of aryl methyl sites for hydroxylation is 2. The van der Waals surface area contributed by atoms with Crippen LogP contribution in [0.5, 0.6) is 0 Å². The summed E-state index contributed by atoms with van der Waals surface area (Å²) in [6, 6.07) is 6.48. The van der Waals surface area contributed by atoms with Gasteiger partial charge in [-0.25, -0.2) is 0 Å². The second kappa shape index (κ2) is 7.15. The van der Waals surface area contributed by atoms with Crippen LogP contribution in [0.1, 0.15) is 48.7 Å². The molecule has 1 unspecified atom stereocenters. The van der Waals surface area contributed by atoms with Gasteiger partial charge in [0.25, 0.3) is 0 Å². The Bertz CT molecular complexity index is 551. The third kappa shape index (κ3) is 3.42. The predicted molar refractivity (Wildman–Crippen MR) is 82.7 cm³/mol. The number of hydrogen-bond acceptors (Lipinski definition) is 3. The van der Waals surface area contributed by atoms with Crippen LogP contribution < -0.4 is 5.32 Å². The van der Waals surface area contributed by atoms with Crippen LogP contribution in [-0.2, 0) is 6.42 Å². The van der Waals surface area contributed by atoms with E-state index in [0.29, 0.717) is 0 Å². The molecule has 0 amide bonds. The highest BCUT2D eigenvalue weighted by Gasteiger charge is 2.17. The molecule has 0 bridgehead atoms. The zero-order chi connectivity index (χ0) is 14.4. The average molecular weight is 269 g/mol. The van der Waals surface area contributed by atoms with E-state index in [0.717, 1.165) is 25.1 Å². The molecule has 0 saturated heterocycles. The second-order valence-electron chi connectivity index (χ2n) is 5.08. The van der Waals surface area contributed by atoms with Gasteiger partial charge in [0.15, 0.2) is 0 Å². The quantitative estimate of drug-likeness (QED) is 0.873. The number of hydrogen-bond donors (Lipinski definition) is 1. The van der Waals surface area contributed by atoms with Gasteiger partial charge in [-0.1, -0.05) is 26.0 Å². The van der Waals surface area contributed by atoms with Crippen molar-refractivity contribution in [2.75, 3.05) is 6.54 Å². The van der Waals surface area contributed by atoms with Crippen molar-refractivity contribution in [2.24, 2.45) is 0 Å². The molecule has 3 nitrogen and oxygen atoms in total. The third-order valence-electron chi connectivity index (χ3n) is 3.41. The van der Waals surface area contributed by atoms with Gasteiger partial charge in [-0.2, -0.15) is 0 Å². The van der Waals surface area contributed by atoms with E-state index < -0.39 is 0 Å². The molecule has 0 fully saturated rings. The van der Waals surface area contributed by atoms with Crippen LogP contribution in [0.4, 0.5) is 0 Å². The van der Waals surface area contributed by atoms with E-state index in [1.165, 1.54) is 16.7 Å². The largest absolute Gasteiger partial charge is 0.305 e. The summed E-state index contributed by atoms with van der Waals surface area (Å²) in [5, 5.41) is 3.60. The molecule has 0 aliphatic heterocycles. The van der Waals surface area contributed by atoms with Crippen molar-refractivity contribution in [3.05, 3.63) is 59.2 Å². The zero-order valence-electron chi connectivity index (χ0n) is 12.6. The van der Waals surface area contributed by atoms with Crippen LogP contribution in [0.25, 0.3) is 0 Å². The van der Waals surface area contributed by atoms with Crippen LogP contribution in [-0.4, -0.2) is 16.5 Å². The summed E-state index contributed by atoms with van der Waals surface area (Å²) in [5.41, 5.74) is 4.78. The number of aromatic nitrogens is 2. The van der Waals surface area contributed by atoms with Gasteiger partial charge in [0.1, 0.15) is 0 Å². The predicted octanol–water partition coefficient (Wildman–Crippen LogP) is 3.44. The Kier molecular flexibility index (Phi) is 5.24. The molecule has 2 aromatic heterocycles. The second-order valence-corrected chi connectivity index (χ2v) is 5.08. The molecule has 0 aromatic carbocycles. The Morgan fingerprint density at radius 1 is 1.25 bits per heavy atom. The number of pyridine rings is 2. The van der Waals surface area contributed by atoms with Crippen molar-refractivity contribution < 1.29 is 0 Å². The summed E-state index contributed by atoms with van der Waals surface area (Å²) in [6.45, 7) is 7.40. The van der Waals surface area contributed by atoms with Crippen LogP contribution in [0.2, 0.25) is 0 Å². The van der Waals surface area contributed by atoms with Gasteiger partial charge < -0.3 is 5.32 Å². The summed E-state index contributed by atoms with van der Waals surface area (Å²) >= 11 is 0. The van der Waals surface area contributed by atoms with Gasteiger partial charge in [0.05, 0.1) is 11.7 Å². The fourth-order valence-electron chi connectivity index (χ4n) is 2.41. The zero-order valence-corrected chi connectivity index (χ0v) is 12.6. The molecular weight excluding hydrogens is 246 g/mol. The molecule has 0 aliphatic rings.